The van der Waals surface area contributed by atoms with Crippen LogP contribution in [0.2, 0.25) is 0 Å². The van der Waals surface area contributed by atoms with Crippen LogP contribution in [0.25, 0.3) is 0 Å². The van der Waals surface area contributed by atoms with Crippen molar-refractivity contribution in [3.05, 3.63) is 0 Å². The first-order valence-corrected chi connectivity index (χ1v) is 7.09. The molecule has 1 amide bonds. The minimum Gasteiger partial charge on any atom is -0.352 e. The van der Waals surface area contributed by atoms with Gasteiger partial charge in [0.05, 0.1) is 6.54 Å². The number of nitrogens with two attached hydrogens (primary N) is 1. The van der Waals surface area contributed by atoms with Gasteiger partial charge in [0, 0.05) is 38.3 Å². The summed E-state index contributed by atoms with van der Waals surface area (Å²) in [6.07, 6.45) is 4.16. The third-order valence-corrected chi connectivity index (χ3v) is 4.10. The van der Waals surface area contributed by atoms with Gasteiger partial charge in [0.25, 0.3) is 0 Å². The van der Waals surface area contributed by atoms with Crippen molar-refractivity contribution < 1.29 is 4.79 Å². The predicted octanol–water partition coefficient (Wildman–Crippen LogP) is -0.380. The Morgan fingerprint density at radius 3 is 2.39 bits per heavy atom. The summed E-state index contributed by atoms with van der Waals surface area (Å²) >= 11 is 0. The number of nitrogens with one attached hydrogen (secondary N) is 1. The van der Waals surface area contributed by atoms with Gasteiger partial charge in [-0.3, -0.25) is 9.69 Å². The van der Waals surface area contributed by atoms with Gasteiger partial charge in [-0.1, -0.05) is 0 Å². The Morgan fingerprint density at radius 2 is 1.78 bits per heavy atom. The highest BCUT2D eigenvalue weighted by atomic mass is 16.2. The van der Waals surface area contributed by atoms with Gasteiger partial charge in [0.2, 0.25) is 5.91 Å². The summed E-state index contributed by atoms with van der Waals surface area (Å²) in [4.78, 5) is 16.5. The number of amides is 1. The van der Waals surface area contributed by atoms with Crippen LogP contribution in [0.1, 0.15) is 25.7 Å². The van der Waals surface area contributed by atoms with Crippen LogP contribution in [0.3, 0.4) is 0 Å². The molecule has 1 aliphatic carbocycles. The van der Waals surface area contributed by atoms with E-state index in [4.69, 9.17) is 5.73 Å². The minimum absolute atomic E-state index is 0.181. The molecule has 1 heterocycles. The van der Waals surface area contributed by atoms with Crippen LogP contribution in [-0.2, 0) is 4.79 Å². The molecule has 18 heavy (non-hydrogen) atoms. The Kier molecular flexibility index (Phi) is 4.97. The van der Waals surface area contributed by atoms with Crippen molar-refractivity contribution >= 4 is 5.91 Å². The zero-order chi connectivity index (χ0) is 13.0. The van der Waals surface area contributed by atoms with E-state index in [1.54, 1.807) is 0 Å². The highest BCUT2D eigenvalue weighted by Gasteiger charge is 2.22. The number of carbonyl (C=O) groups is 1. The SMILES string of the molecule is CN1CCN(CC(=O)N[C@H]2CC[C@H](N)CC2)CC1. The summed E-state index contributed by atoms with van der Waals surface area (Å²) in [6, 6.07) is 0.695. The molecule has 1 saturated heterocycles. The second-order valence-electron chi connectivity index (χ2n) is 5.76. The van der Waals surface area contributed by atoms with Crippen LogP contribution in [0, 0.1) is 0 Å². The Labute approximate surface area is 110 Å². The summed E-state index contributed by atoms with van der Waals surface area (Å²) in [7, 11) is 2.13. The smallest absolute Gasteiger partial charge is 0.234 e. The van der Waals surface area contributed by atoms with Gasteiger partial charge in [0.1, 0.15) is 0 Å². The van der Waals surface area contributed by atoms with Crippen LogP contribution < -0.4 is 11.1 Å². The Hall–Kier alpha value is -0.650. The number of rotatable bonds is 3. The maximum Gasteiger partial charge on any atom is 0.234 e. The molecule has 3 N–H and O–H groups in total. The second-order valence-corrected chi connectivity index (χ2v) is 5.76. The minimum atomic E-state index is 0.181. The average molecular weight is 254 g/mol. The molecule has 0 unspecified atom stereocenters. The van der Waals surface area contributed by atoms with Crippen molar-refractivity contribution in [3.8, 4) is 0 Å². The van der Waals surface area contributed by atoms with Crippen LogP contribution in [0.15, 0.2) is 0 Å². The molecule has 2 rings (SSSR count). The molecular formula is C13H26N4O. The van der Waals surface area contributed by atoms with Gasteiger partial charge in [-0.25, -0.2) is 0 Å². The fourth-order valence-corrected chi connectivity index (χ4v) is 2.75. The van der Waals surface area contributed by atoms with E-state index >= 15 is 0 Å². The molecule has 1 saturated carbocycles. The highest BCUT2D eigenvalue weighted by Crippen LogP contribution is 2.16. The molecular weight excluding hydrogens is 228 g/mol. The number of hydrogen-bond donors (Lipinski definition) is 2. The second kappa shape index (κ2) is 6.50. The fourth-order valence-electron chi connectivity index (χ4n) is 2.75. The van der Waals surface area contributed by atoms with Crippen LogP contribution in [0.5, 0.6) is 0 Å². The first-order chi connectivity index (χ1) is 8.63. The van der Waals surface area contributed by atoms with E-state index in [0.717, 1.165) is 51.9 Å². The molecule has 0 aromatic heterocycles. The monoisotopic (exact) mass is 254 g/mol. The van der Waals surface area contributed by atoms with E-state index in [1.165, 1.54) is 0 Å². The summed E-state index contributed by atoms with van der Waals surface area (Å²) in [5, 5.41) is 3.15. The van der Waals surface area contributed by atoms with Crippen molar-refractivity contribution in [2.24, 2.45) is 5.73 Å². The van der Waals surface area contributed by atoms with E-state index in [-0.39, 0.29) is 5.91 Å². The van der Waals surface area contributed by atoms with E-state index in [0.29, 0.717) is 18.6 Å². The number of carbonyl (C=O) groups excluding carboxylic acids is 1. The molecule has 0 spiro atoms. The van der Waals surface area contributed by atoms with Gasteiger partial charge >= 0.3 is 0 Å². The van der Waals surface area contributed by atoms with Gasteiger partial charge in [0.15, 0.2) is 0 Å². The van der Waals surface area contributed by atoms with Crippen LogP contribution in [-0.4, -0.2) is 67.6 Å². The largest absolute Gasteiger partial charge is 0.352 e. The number of nitrogens with zero attached hydrogens (tertiary/aromatic N) is 2. The number of piperazine rings is 1. The molecule has 0 bridgehead atoms. The topological polar surface area (TPSA) is 61.6 Å². The number of hydrogen-bond acceptors (Lipinski definition) is 4. The molecule has 2 aliphatic rings. The number of likely N-dealkylation sites (N-methyl/N-ethyl adjacent to an activating group) is 1. The van der Waals surface area contributed by atoms with E-state index in [1.807, 2.05) is 0 Å². The molecule has 0 aromatic rings. The fraction of sp³-hybridized carbons (Fsp3) is 0.923. The third-order valence-electron chi connectivity index (χ3n) is 4.10. The third kappa shape index (κ3) is 4.23. The van der Waals surface area contributed by atoms with E-state index in [2.05, 4.69) is 22.2 Å². The van der Waals surface area contributed by atoms with Crippen LogP contribution in [0.4, 0.5) is 0 Å². The van der Waals surface area contributed by atoms with Gasteiger partial charge in [-0.05, 0) is 32.7 Å². The molecule has 5 heteroatoms. The lowest BCUT2D eigenvalue weighted by Crippen LogP contribution is -2.50. The first kappa shape index (κ1) is 13.8. The van der Waals surface area contributed by atoms with Crippen molar-refractivity contribution in [1.82, 2.24) is 15.1 Å². The van der Waals surface area contributed by atoms with Crippen molar-refractivity contribution in [2.75, 3.05) is 39.8 Å². The van der Waals surface area contributed by atoms with Gasteiger partial charge in [-0.15, -0.1) is 0 Å². The lowest BCUT2D eigenvalue weighted by atomic mass is 9.92. The lowest BCUT2D eigenvalue weighted by Gasteiger charge is -2.33. The Balaban J connectivity index is 1.66. The zero-order valence-corrected chi connectivity index (χ0v) is 11.4. The molecule has 1 aliphatic heterocycles. The quantitative estimate of drug-likeness (QED) is 0.721. The molecule has 2 fully saturated rings. The first-order valence-electron chi connectivity index (χ1n) is 7.09. The van der Waals surface area contributed by atoms with Crippen molar-refractivity contribution in [2.45, 2.75) is 37.8 Å². The summed E-state index contributed by atoms with van der Waals surface area (Å²) in [5.74, 6) is 0.181. The van der Waals surface area contributed by atoms with Crippen molar-refractivity contribution in [3.63, 3.8) is 0 Å². The predicted molar refractivity (Wildman–Crippen MR) is 72.3 cm³/mol. The van der Waals surface area contributed by atoms with Gasteiger partial charge in [-0.2, -0.15) is 0 Å². The van der Waals surface area contributed by atoms with E-state index in [9.17, 15) is 4.79 Å². The van der Waals surface area contributed by atoms with Crippen molar-refractivity contribution in [1.29, 1.82) is 0 Å². The maximum atomic E-state index is 11.9. The Morgan fingerprint density at radius 1 is 1.17 bits per heavy atom. The van der Waals surface area contributed by atoms with E-state index < -0.39 is 0 Å². The average Bonchev–Trinajstić information content (AvgIpc) is 2.35. The molecule has 5 nitrogen and oxygen atoms in total. The zero-order valence-electron chi connectivity index (χ0n) is 11.4. The molecule has 0 radical (unpaired) electrons. The normalized spacial score (nSPS) is 31.2. The summed E-state index contributed by atoms with van der Waals surface area (Å²) < 4.78 is 0. The van der Waals surface area contributed by atoms with Gasteiger partial charge < -0.3 is 16.0 Å². The molecule has 0 atom stereocenters. The standard InChI is InChI=1S/C13H26N4O/c1-16-6-8-17(9-7-16)10-13(18)15-12-4-2-11(14)3-5-12/h11-12H,2-10,14H2,1H3,(H,15,18)/t11-,12-. The molecule has 104 valence electrons. The lowest BCUT2D eigenvalue weighted by molar-refractivity contribution is -0.123. The highest BCUT2D eigenvalue weighted by molar-refractivity contribution is 5.78. The summed E-state index contributed by atoms with van der Waals surface area (Å²) in [5.41, 5.74) is 5.86. The summed E-state index contributed by atoms with van der Waals surface area (Å²) in [6.45, 7) is 4.67. The molecule has 0 aromatic carbocycles. The Bertz CT molecular complexity index is 242. The maximum absolute atomic E-state index is 11.9. The van der Waals surface area contributed by atoms with Crippen LogP contribution >= 0.6 is 0 Å².